The minimum Gasteiger partial charge on any atom is -0.474 e. The topological polar surface area (TPSA) is 107 Å². The smallest absolute Gasteiger partial charge is 0.257 e. The standard InChI is InChI=1S/C35H36ClN7O3/c1-23-16-25(20-37-19-23)35(44)39-27-6-7-31-30(18-27)40-33(43(31)21-29-11-15-45-29)22-42-13-9-28(10-14-42)46-34-8-12-38-32(41-34)17-24-2-4-26(36)5-3-24/h2-8,12,16,18-20,28-29H,9-11,13-15,17,21-22H2,1H3,(H,39,44). The first-order valence-electron chi connectivity index (χ1n) is 15.7. The summed E-state index contributed by atoms with van der Waals surface area (Å²) in [5.74, 6) is 2.14. The maximum absolute atomic E-state index is 12.9. The molecule has 0 spiro atoms. The summed E-state index contributed by atoms with van der Waals surface area (Å²) in [7, 11) is 0. The number of nitrogens with zero attached hydrogens (tertiary/aromatic N) is 6. The largest absolute Gasteiger partial charge is 0.474 e. The molecule has 11 heteroatoms. The molecule has 5 aromatic rings. The Morgan fingerprint density at radius 2 is 1.87 bits per heavy atom. The summed E-state index contributed by atoms with van der Waals surface area (Å²) in [6.07, 6.45) is 8.81. The molecule has 1 amide bonds. The van der Waals surface area contributed by atoms with Gasteiger partial charge in [-0.25, -0.2) is 9.97 Å². The summed E-state index contributed by atoms with van der Waals surface area (Å²) in [5, 5.41) is 3.71. The SMILES string of the molecule is Cc1cncc(C(=O)Nc2ccc3c(c2)nc(CN2CCC(Oc4ccnc(Cc5ccc(Cl)cc5)n4)CC2)n3CC2CCO2)c1. The molecule has 0 bridgehead atoms. The van der Waals surface area contributed by atoms with Gasteiger partial charge in [0.1, 0.15) is 17.8 Å². The van der Waals surface area contributed by atoms with Gasteiger partial charge in [0.15, 0.2) is 0 Å². The number of carbonyl (C=O) groups excluding carboxylic acids is 1. The van der Waals surface area contributed by atoms with Crippen LogP contribution in [0.3, 0.4) is 0 Å². The van der Waals surface area contributed by atoms with Crippen molar-refractivity contribution in [3.05, 3.63) is 107 Å². The summed E-state index contributed by atoms with van der Waals surface area (Å²) >= 11 is 6.02. The number of amides is 1. The van der Waals surface area contributed by atoms with Gasteiger partial charge < -0.3 is 19.4 Å². The number of benzene rings is 2. The number of likely N-dealkylation sites (tertiary alicyclic amines) is 1. The Bertz CT molecular complexity index is 1830. The number of halogens is 1. The van der Waals surface area contributed by atoms with Crippen LogP contribution in [0.4, 0.5) is 5.69 Å². The molecule has 10 nitrogen and oxygen atoms in total. The Balaban J connectivity index is 0.998. The van der Waals surface area contributed by atoms with E-state index in [-0.39, 0.29) is 18.1 Å². The van der Waals surface area contributed by atoms with Crippen LogP contribution in [0.2, 0.25) is 5.02 Å². The lowest BCUT2D eigenvalue weighted by Crippen LogP contribution is -2.39. The highest BCUT2D eigenvalue weighted by atomic mass is 35.5. The van der Waals surface area contributed by atoms with E-state index < -0.39 is 0 Å². The van der Waals surface area contributed by atoms with E-state index in [1.165, 1.54) is 0 Å². The van der Waals surface area contributed by atoms with Crippen molar-refractivity contribution in [2.75, 3.05) is 25.0 Å². The zero-order valence-corrected chi connectivity index (χ0v) is 26.5. The molecule has 7 rings (SSSR count). The molecular formula is C35H36ClN7O3. The van der Waals surface area contributed by atoms with Gasteiger partial charge in [-0.2, -0.15) is 4.98 Å². The molecule has 0 aliphatic carbocycles. The maximum atomic E-state index is 12.9. The lowest BCUT2D eigenvalue weighted by molar-refractivity contribution is -0.0592. The minimum atomic E-state index is -0.192. The highest BCUT2D eigenvalue weighted by Gasteiger charge is 2.26. The molecule has 1 atom stereocenters. The van der Waals surface area contributed by atoms with E-state index in [9.17, 15) is 4.79 Å². The van der Waals surface area contributed by atoms with Gasteiger partial charge in [0.05, 0.1) is 35.8 Å². The van der Waals surface area contributed by atoms with Crippen LogP contribution in [0.5, 0.6) is 5.88 Å². The first-order chi connectivity index (χ1) is 22.4. The number of imidazole rings is 1. The second-order valence-electron chi connectivity index (χ2n) is 12.0. The molecule has 2 aliphatic heterocycles. The van der Waals surface area contributed by atoms with Crippen LogP contribution in [-0.2, 0) is 24.2 Å². The number of aryl methyl sites for hydroxylation is 1. The van der Waals surface area contributed by atoms with Crippen LogP contribution >= 0.6 is 11.6 Å². The second kappa shape index (κ2) is 13.5. The molecular weight excluding hydrogens is 602 g/mol. The summed E-state index contributed by atoms with van der Waals surface area (Å²) in [6.45, 7) is 6.00. The van der Waals surface area contributed by atoms with Crippen molar-refractivity contribution >= 4 is 34.2 Å². The molecule has 46 heavy (non-hydrogen) atoms. The van der Waals surface area contributed by atoms with Gasteiger partial charge in [0.25, 0.3) is 5.91 Å². The lowest BCUT2D eigenvalue weighted by Gasteiger charge is -2.32. The van der Waals surface area contributed by atoms with Gasteiger partial charge in [-0.3, -0.25) is 14.7 Å². The van der Waals surface area contributed by atoms with E-state index in [1.54, 1.807) is 18.6 Å². The van der Waals surface area contributed by atoms with Crippen molar-refractivity contribution in [3.8, 4) is 5.88 Å². The molecule has 0 saturated carbocycles. The molecule has 2 saturated heterocycles. The fraction of sp³-hybridized carbons (Fsp3) is 0.343. The zero-order chi connectivity index (χ0) is 31.5. The fourth-order valence-corrected chi connectivity index (χ4v) is 6.09. The molecule has 1 unspecified atom stereocenters. The van der Waals surface area contributed by atoms with E-state index in [2.05, 4.69) is 29.7 Å². The number of aromatic nitrogens is 5. The van der Waals surface area contributed by atoms with E-state index >= 15 is 0 Å². The summed E-state index contributed by atoms with van der Waals surface area (Å²) in [4.78, 5) is 33.6. The molecule has 2 aromatic carbocycles. The Labute approximate surface area is 272 Å². The normalized spacial score (nSPS) is 17.1. The average molecular weight is 638 g/mol. The fourth-order valence-electron chi connectivity index (χ4n) is 5.97. The second-order valence-corrected chi connectivity index (χ2v) is 12.5. The molecule has 236 valence electrons. The Hall–Kier alpha value is -4.38. The maximum Gasteiger partial charge on any atom is 0.257 e. The summed E-state index contributed by atoms with van der Waals surface area (Å²) in [5.41, 5.74) is 5.16. The summed E-state index contributed by atoms with van der Waals surface area (Å²) < 4.78 is 14.4. The van der Waals surface area contributed by atoms with E-state index in [1.807, 2.05) is 61.5 Å². The van der Waals surface area contributed by atoms with Gasteiger partial charge in [0, 0.05) is 61.5 Å². The van der Waals surface area contributed by atoms with Gasteiger partial charge in [-0.1, -0.05) is 23.7 Å². The van der Waals surface area contributed by atoms with E-state index in [4.69, 9.17) is 26.1 Å². The van der Waals surface area contributed by atoms with Gasteiger partial charge in [-0.15, -0.1) is 0 Å². The average Bonchev–Trinajstić information content (AvgIpc) is 3.37. The number of piperidine rings is 1. The van der Waals surface area contributed by atoms with Crippen molar-refractivity contribution in [3.63, 3.8) is 0 Å². The lowest BCUT2D eigenvalue weighted by atomic mass is 10.1. The Morgan fingerprint density at radius 1 is 1.04 bits per heavy atom. The number of ether oxygens (including phenoxy) is 2. The quantitative estimate of drug-likeness (QED) is 0.203. The van der Waals surface area contributed by atoms with Gasteiger partial charge >= 0.3 is 0 Å². The van der Waals surface area contributed by atoms with Crippen molar-refractivity contribution < 1.29 is 14.3 Å². The number of nitrogens with one attached hydrogen (secondary N) is 1. The molecule has 5 heterocycles. The van der Waals surface area contributed by atoms with Crippen LogP contribution < -0.4 is 10.1 Å². The number of hydrogen-bond donors (Lipinski definition) is 1. The van der Waals surface area contributed by atoms with E-state index in [0.29, 0.717) is 28.6 Å². The van der Waals surface area contributed by atoms with Crippen molar-refractivity contribution in [2.45, 2.75) is 57.9 Å². The molecule has 2 fully saturated rings. The zero-order valence-electron chi connectivity index (χ0n) is 25.7. The number of hydrogen-bond acceptors (Lipinski definition) is 8. The third-order valence-corrected chi connectivity index (χ3v) is 8.80. The predicted molar refractivity (Wildman–Crippen MR) is 176 cm³/mol. The molecule has 3 aromatic heterocycles. The van der Waals surface area contributed by atoms with Crippen LogP contribution in [0.15, 0.2) is 73.2 Å². The monoisotopic (exact) mass is 637 g/mol. The highest BCUT2D eigenvalue weighted by Crippen LogP contribution is 2.26. The van der Waals surface area contributed by atoms with Crippen LogP contribution in [0.25, 0.3) is 11.0 Å². The first kappa shape index (κ1) is 30.3. The predicted octanol–water partition coefficient (Wildman–Crippen LogP) is 5.86. The molecule has 1 N–H and O–H groups in total. The number of pyridine rings is 1. The Morgan fingerprint density at radius 3 is 2.63 bits per heavy atom. The van der Waals surface area contributed by atoms with Crippen LogP contribution in [-0.4, -0.2) is 67.2 Å². The minimum absolute atomic E-state index is 0.0893. The van der Waals surface area contributed by atoms with Crippen molar-refractivity contribution in [1.29, 1.82) is 0 Å². The van der Waals surface area contributed by atoms with Gasteiger partial charge in [0.2, 0.25) is 5.88 Å². The summed E-state index contributed by atoms with van der Waals surface area (Å²) in [6, 6.07) is 17.3. The first-order valence-corrected chi connectivity index (χ1v) is 16.1. The van der Waals surface area contributed by atoms with Gasteiger partial charge in [-0.05, 0) is 73.7 Å². The van der Waals surface area contributed by atoms with E-state index in [0.717, 1.165) is 85.9 Å². The Kier molecular flexibility index (Phi) is 8.91. The highest BCUT2D eigenvalue weighted by molar-refractivity contribution is 6.30. The molecule has 0 radical (unpaired) electrons. The van der Waals surface area contributed by atoms with Crippen molar-refractivity contribution in [2.24, 2.45) is 0 Å². The van der Waals surface area contributed by atoms with Crippen LogP contribution in [0, 0.1) is 6.92 Å². The number of fused-ring (bicyclic) bond motifs is 1. The third kappa shape index (κ3) is 7.20. The van der Waals surface area contributed by atoms with Crippen molar-refractivity contribution in [1.82, 2.24) is 29.4 Å². The van der Waals surface area contributed by atoms with Crippen LogP contribution in [0.1, 0.15) is 52.4 Å². The number of carbonyl (C=O) groups is 1. The third-order valence-electron chi connectivity index (χ3n) is 8.54. The molecule has 2 aliphatic rings. The number of rotatable bonds is 10. The number of anilines is 1.